The lowest BCUT2D eigenvalue weighted by atomic mass is 10.0. The molecule has 0 fully saturated rings. The molecule has 2 atom stereocenters. The Labute approximate surface area is 254 Å². The topological polar surface area (TPSA) is 173 Å². The molecule has 0 radical (unpaired) electrons. The van der Waals surface area contributed by atoms with Gasteiger partial charge < -0.3 is 37.0 Å². The number of carboxylic acids is 1. The molecule has 0 heterocycles. The van der Waals surface area contributed by atoms with Gasteiger partial charge in [0.25, 0.3) is 0 Å². The van der Waals surface area contributed by atoms with Gasteiger partial charge in [-0.25, -0.2) is 9.18 Å². The zero-order valence-corrected chi connectivity index (χ0v) is 24.9. The Morgan fingerprint density at radius 2 is 1.57 bits per heavy atom. The Morgan fingerprint density at radius 1 is 0.977 bits per heavy atom. The predicted octanol–water partition coefficient (Wildman–Crippen LogP) is 1.56. The number of hydrogen-bond donors (Lipinski definition) is 7. The van der Waals surface area contributed by atoms with E-state index in [0.29, 0.717) is 44.7 Å². The summed E-state index contributed by atoms with van der Waals surface area (Å²) in [6, 6.07) is 9.44. The number of amidine groups is 1. The van der Waals surface area contributed by atoms with Gasteiger partial charge in [0, 0.05) is 31.7 Å². The highest BCUT2D eigenvalue weighted by Crippen LogP contribution is 2.30. The molecule has 0 bridgehead atoms. The number of aliphatic carboxylic acids is 1. The van der Waals surface area contributed by atoms with Gasteiger partial charge in [-0.3, -0.25) is 15.0 Å². The molecule has 0 aliphatic carbocycles. The number of nitrogens with one attached hydrogen (secondary N) is 5. The largest absolute Gasteiger partial charge is 0.480 e. The highest BCUT2D eigenvalue weighted by atomic mass is 19.4. The van der Waals surface area contributed by atoms with Gasteiger partial charge in [-0.05, 0) is 57.7 Å². The number of nitrogen functional groups attached to an aromatic ring is 1. The van der Waals surface area contributed by atoms with Gasteiger partial charge in [0.1, 0.15) is 17.7 Å². The second-order valence-electron chi connectivity index (χ2n) is 9.70. The van der Waals surface area contributed by atoms with Crippen LogP contribution in [-0.2, 0) is 27.0 Å². The average Bonchev–Trinajstić information content (AvgIpc) is 2.97. The first-order valence-corrected chi connectivity index (χ1v) is 13.8. The number of amides is 2. The number of aryl methyl sites for hydroxylation is 1. The fourth-order valence-corrected chi connectivity index (χ4v) is 3.88. The number of alkyl halides is 3. The molecule has 2 aromatic rings. The van der Waals surface area contributed by atoms with Crippen LogP contribution >= 0.6 is 0 Å². The molecule has 0 unspecified atom stereocenters. The number of carbonyl (C=O) groups is 3. The smallest absolute Gasteiger partial charge is 0.416 e. The second kappa shape index (κ2) is 19.2. The summed E-state index contributed by atoms with van der Waals surface area (Å²) in [7, 11) is 5.21. The predicted molar refractivity (Wildman–Crippen MR) is 159 cm³/mol. The van der Waals surface area contributed by atoms with E-state index in [1.807, 2.05) is 44.4 Å². The first-order chi connectivity index (χ1) is 20.7. The van der Waals surface area contributed by atoms with Crippen LogP contribution in [0.3, 0.4) is 0 Å². The normalized spacial score (nSPS) is 12.3. The number of carboxylic acid groups (broad SMARTS) is 1. The van der Waals surface area contributed by atoms with Gasteiger partial charge in [0.2, 0.25) is 11.8 Å². The number of carbonyl (C=O) groups excluding carboxylic acids is 2. The van der Waals surface area contributed by atoms with Crippen molar-refractivity contribution in [3.8, 4) is 0 Å². The van der Waals surface area contributed by atoms with Gasteiger partial charge in [-0.1, -0.05) is 30.3 Å². The monoisotopic (exact) mass is 627 g/mol. The summed E-state index contributed by atoms with van der Waals surface area (Å²) in [5.41, 5.74) is 4.52. The molecule has 0 saturated carbocycles. The molecule has 0 saturated heterocycles. The van der Waals surface area contributed by atoms with Crippen molar-refractivity contribution >= 4 is 23.6 Å². The quantitative estimate of drug-likeness (QED) is 0.0835. The minimum absolute atomic E-state index is 0.0409. The summed E-state index contributed by atoms with van der Waals surface area (Å²) in [5.74, 6) is -3.41. The molecule has 2 rings (SSSR count). The van der Waals surface area contributed by atoms with E-state index in [4.69, 9.17) is 11.1 Å². The maximum atomic E-state index is 12.7. The number of rotatable bonds is 16. The van der Waals surface area contributed by atoms with E-state index >= 15 is 0 Å². The van der Waals surface area contributed by atoms with E-state index in [1.54, 1.807) is 11.9 Å². The SMILES string of the molecule is CNCCN(CCNC)C(=O)C[C@H](NC)C(=O)N[C@@H](CCc1ccccc1)C(=O)O.N=C(N)c1cc(F)cc(C(F)(F)F)c1. The lowest BCUT2D eigenvalue weighted by molar-refractivity contribution is -0.142. The molecule has 15 heteroatoms. The first kappa shape index (κ1) is 37.9. The van der Waals surface area contributed by atoms with Crippen molar-refractivity contribution in [2.24, 2.45) is 5.73 Å². The number of hydrogen-bond acceptors (Lipinski definition) is 7. The van der Waals surface area contributed by atoms with Gasteiger partial charge in [0.15, 0.2) is 0 Å². The third kappa shape index (κ3) is 13.9. The van der Waals surface area contributed by atoms with Crippen LogP contribution in [0.1, 0.15) is 29.5 Å². The molecule has 2 aromatic carbocycles. The minimum atomic E-state index is -4.63. The number of halogens is 4. The van der Waals surface area contributed by atoms with Crippen LogP contribution < -0.4 is 27.0 Å². The summed E-state index contributed by atoms with van der Waals surface area (Å²) in [6.07, 6.45) is -3.87. The number of nitrogens with two attached hydrogens (primary N) is 1. The van der Waals surface area contributed by atoms with Crippen molar-refractivity contribution in [1.82, 2.24) is 26.2 Å². The van der Waals surface area contributed by atoms with Gasteiger partial charge in [-0.2, -0.15) is 13.2 Å². The van der Waals surface area contributed by atoms with Crippen molar-refractivity contribution in [1.29, 1.82) is 5.41 Å². The zero-order chi connectivity index (χ0) is 33.3. The van der Waals surface area contributed by atoms with Crippen molar-refractivity contribution in [2.45, 2.75) is 37.5 Å². The molecule has 0 spiro atoms. The summed E-state index contributed by atoms with van der Waals surface area (Å²) in [6.45, 7) is 2.35. The summed E-state index contributed by atoms with van der Waals surface area (Å²) in [5, 5.41) is 27.8. The third-order valence-electron chi connectivity index (χ3n) is 6.38. The van der Waals surface area contributed by atoms with E-state index in [2.05, 4.69) is 21.3 Å². The highest BCUT2D eigenvalue weighted by Gasteiger charge is 2.31. The molecular formula is C29H41F4N7O4. The maximum Gasteiger partial charge on any atom is 0.416 e. The van der Waals surface area contributed by atoms with E-state index in [0.717, 1.165) is 11.6 Å². The summed E-state index contributed by atoms with van der Waals surface area (Å²) < 4.78 is 49.1. The fraction of sp³-hybridized carbons (Fsp3) is 0.448. The van der Waals surface area contributed by atoms with Gasteiger partial charge in [0.05, 0.1) is 18.0 Å². The molecule has 44 heavy (non-hydrogen) atoms. The van der Waals surface area contributed by atoms with Crippen LogP contribution in [0.2, 0.25) is 0 Å². The Morgan fingerprint density at radius 3 is 2.05 bits per heavy atom. The molecule has 244 valence electrons. The van der Waals surface area contributed by atoms with Crippen LogP contribution in [0.15, 0.2) is 48.5 Å². The Kier molecular flexibility index (Phi) is 16.6. The Balaban J connectivity index is 0.000000574. The minimum Gasteiger partial charge on any atom is -0.480 e. The molecule has 0 aliphatic heterocycles. The lowest BCUT2D eigenvalue weighted by Gasteiger charge is -2.25. The fourth-order valence-electron chi connectivity index (χ4n) is 3.88. The third-order valence-corrected chi connectivity index (χ3v) is 6.38. The summed E-state index contributed by atoms with van der Waals surface area (Å²) >= 11 is 0. The van der Waals surface area contributed by atoms with E-state index in [9.17, 15) is 37.1 Å². The van der Waals surface area contributed by atoms with E-state index in [-0.39, 0.29) is 24.3 Å². The van der Waals surface area contributed by atoms with Crippen LogP contribution in [0.5, 0.6) is 0 Å². The second-order valence-corrected chi connectivity index (χ2v) is 9.70. The molecule has 0 aliphatic rings. The van der Waals surface area contributed by atoms with Gasteiger partial charge >= 0.3 is 12.1 Å². The van der Waals surface area contributed by atoms with Crippen molar-refractivity contribution in [3.63, 3.8) is 0 Å². The number of benzene rings is 2. The molecule has 2 amide bonds. The zero-order valence-electron chi connectivity index (χ0n) is 24.9. The van der Waals surface area contributed by atoms with Crippen LogP contribution in [0.4, 0.5) is 17.6 Å². The Bertz CT molecular complexity index is 1210. The molecular weight excluding hydrogens is 586 g/mol. The molecule has 8 N–H and O–H groups in total. The molecule has 11 nitrogen and oxygen atoms in total. The number of likely N-dealkylation sites (N-methyl/N-ethyl adjacent to an activating group) is 3. The first-order valence-electron chi connectivity index (χ1n) is 13.8. The van der Waals surface area contributed by atoms with Crippen molar-refractivity contribution in [3.05, 3.63) is 71.0 Å². The Hall–Kier alpha value is -4.08. The molecule has 0 aromatic heterocycles. The van der Waals surface area contributed by atoms with Crippen LogP contribution in [0, 0.1) is 11.2 Å². The standard InChI is InChI=1S/C21H35N5O4.C8H6F4N2/c1-22-11-13-26(14-12-23-2)19(27)15-18(24-3)20(28)25-17(21(29)30)10-9-16-7-5-4-6-8-16;9-6-2-4(7(13)14)1-5(3-6)8(10,11)12/h4-8,17-18,22-24H,9-15H2,1-3H3,(H,25,28)(H,29,30);1-3H,(H3,13,14)/t17-,18-;/m0./s1. The van der Waals surface area contributed by atoms with Crippen LogP contribution in [-0.4, -0.2) is 93.0 Å². The van der Waals surface area contributed by atoms with Crippen molar-refractivity contribution in [2.75, 3.05) is 47.3 Å². The van der Waals surface area contributed by atoms with Crippen molar-refractivity contribution < 1.29 is 37.1 Å². The van der Waals surface area contributed by atoms with Gasteiger partial charge in [-0.15, -0.1) is 0 Å². The lowest BCUT2D eigenvalue weighted by Crippen LogP contribution is -2.51. The average molecular weight is 628 g/mol. The highest BCUT2D eigenvalue weighted by molar-refractivity contribution is 5.95. The van der Waals surface area contributed by atoms with E-state index < -0.39 is 47.4 Å². The van der Waals surface area contributed by atoms with E-state index in [1.165, 1.54) is 0 Å². The summed E-state index contributed by atoms with van der Waals surface area (Å²) in [4.78, 5) is 38.6. The maximum absolute atomic E-state index is 12.7. The number of nitrogens with zero attached hydrogens (tertiary/aromatic N) is 1. The van der Waals surface area contributed by atoms with Crippen LogP contribution in [0.25, 0.3) is 0 Å².